The number of aryl methyl sites for hydroxylation is 1. The number of hydrogen-bond donors (Lipinski definition) is 1. The smallest absolute Gasteiger partial charge is 0.265 e. The molecule has 2 amide bonds. The van der Waals surface area contributed by atoms with Crippen LogP contribution in [0.5, 0.6) is 11.5 Å². The van der Waals surface area contributed by atoms with E-state index >= 15 is 0 Å². The number of benzene rings is 2. The number of ether oxygens (including phenoxy) is 3. The number of amides is 2. The van der Waals surface area contributed by atoms with Crippen LogP contribution in [0.15, 0.2) is 42.5 Å². The molecule has 9 heteroatoms. The first-order chi connectivity index (χ1) is 17.0. The standard InChI is InChI=1S/C26H31N3O6/c1-2-19-4-3-5-21(14-19)34-17-23(30)20-6-7-24-22(15-20)29(26(32)18-35-24)16-25(31)27-8-9-28-10-12-33-13-11-28/h3-7,14-15H,2,8-13,16-18H2,1H3,(H,27,31). The van der Waals surface area contributed by atoms with Crippen molar-refractivity contribution in [2.45, 2.75) is 13.3 Å². The minimum absolute atomic E-state index is 0.136. The summed E-state index contributed by atoms with van der Waals surface area (Å²) in [6.07, 6.45) is 0.876. The lowest BCUT2D eigenvalue weighted by molar-refractivity contribution is -0.125. The van der Waals surface area contributed by atoms with E-state index in [2.05, 4.69) is 17.1 Å². The highest BCUT2D eigenvalue weighted by molar-refractivity contribution is 6.04. The Morgan fingerprint density at radius 3 is 2.74 bits per heavy atom. The monoisotopic (exact) mass is 481 g/mol. The van der Waals surface area contributed by atoms with Crippen LogP contribution in [0, 0.1) is 0 Å². The summed E-state index contributed by atoms with van der Waals surface area (Å²) in [7, 11) is 0. The number of nitrogens with one attached hydrogen (secondary N) is 1. The second-order valence-electron chi connectivity index (χ2n) is 8.47. The van der Waals surface area contributed by atoms with Crippen LogP contribution in [0.1, 0.15) is 22.8 Å². The molecule has 186 valence electrons. The Kier molecular flexibility index (Phi) is 8.33. The quantitative estimate of drug-likeness (QED) is 0.516. The van der Waals surface area contributed by atoms with E-state index in [4.69, 9.17) is 14.2 Å². The fourth-order valence-corrected chi connectivity index (χ4v) is 4.01. The highest BCUT2D eigenvalue weighted by Crippen LogP contribution is 2.33. The van der Waals surface area contributed by atoms with Crippen molar-refractivity contribution < 1.29 is 28.6 Å². The third-order valence-electron chi connectivity index (χ3n) is 6.06. The summed E-state index contributed by atoms with van der Waals surface area (Å²) < 4.78 is 16.5. The third-order valence-corrected chi connectivity index (χ3v) is 6.06. The molecule has 0 unspecified atom stereocenters. The van der Waals surface area contributed by atoms with Gasteiger partial charge >= 0.3 is 0 Å². The fraction of sp³-hybridized carbons (Fsp3) is 0.423. The van der Waals surface area contributed by atoms with Gasteiger partial charge in [0.15, 0.2) is 19.0 Å². The van der Waals surface area contributed by atoms with Gasteiger partial charge in [-0.05, 0) is 42.3 Å². The van der Waals surface area contributed by atoms with Crippen LogP contribution in [-0.2, 0) is 20.7 Å². The maximum atomic E-state index is 12.8. The number of fused-ring (bicyclic) bond motifs is 1. The summed E-state index contributed by atoms with van der Waals surface area (Å²) in [5.41, 5.74) is 1.91. The second kappa shape index (κ2) is 11.8. The van der Waals surface area contributed by atoms with Gasteiger partial charge in [-0.2, -0.15) is 0 Å². The van der Waals surface area contributed by atoms with Gasteiger partial charge in [-0.3, -0.25) is 24.2 Å². The zero-order chi connectivity index (χ0) is 24.6. The van der Waals surface area contributed by atoms with Crippen molar-refractivity contribution in [2.24, 2.45) is 0 Å². The summed E-state index contributed by atoms with van der Waals surface area (Å²) in [6, 6.07) is 12.5. The van der Waals surface area contributed by atoms with Gasteiger partial charge in [-0.25, -0.2) is 0 Å². The largest absolute Gasteiger partial charge is 0.485 e. The van der Waals surface area contributed by atoms with Gasteiger partial charge in [0.1, 0.15) is 18.0 Å². The average molecular weight is 482 g/mol. The minimum atomic E-state index is -0.335. The van der Waals surface area contributed by atoms with E-state index in [-0.39, 0.29) is 37.4 Å². The zero-order valence-corrected chi connectivity index (χ0v) is 20.0. The molecule has 0 bridgehead atoms. The van der Waals surface area contributed by atoms with E-state index in [1.807, 2.05) is 24.3 Å². The lowest BCUT2D eigenvalue weighted by atomic mass is 10.1. The van der Waals surface area contributed by atoms with E-state index < -0.39 is 0 Å². The van der Waals surface area contributed by atoms with Crippen molar-refractivity contribution in [3.05, 3.63) is 53.6 Å². The molecule has 2 aromatic carbocycles. The normalized spacial score (nSPS) is 15.8. The highest BCUT2D eigenvalue weighted by Gasteiger charge is 2.28. The lowest BCUT2D eigenvalue weighted by Gasteiger charge is -2.29. The second-order valence-corrected chi connectivity index (χ2v) is 8.47. The van der Waals surface area contributed by atoms with E-state index in [1.54, 1.807) is 18.2 Å². The molecule has 2 heterocycles. The molecule has 0 radical (unpaired) electrons. The van der Waals surface area contributed by atoms with Gasteiger partial charge in [0.25, 0.3) is 5.91 Å². The number of rotatable bonds is 10. The zero-order valence-electron chi connectivity index (χ0n) is 20.0. The van der Waals surface area contributed by atoms with Crippen LogP contribution in [0.2, 0.25) is 0 Å². The predicted octanol–water partition coefficient (Wildman–Crippen LogP) is 1.68. The molecule has 2 aliphatic heterocycles. The van der Waals surface area contributed by atoms with Gasteiger partial charge in [0.05, 0.1) is 18.9 Å². The van der Waals surface area contributed by atoms with Crippen LogP contribution >= 0.6 is 0 Å². The van der Waals surface area contributed by atoms with Gasteiger partial charge in [0, 0.05) is 31.7 Å². The first-order valence-corrected chi connectivity index (χ1v) is 11.9. The van der Waals surface area contributed by atoms with Gasteiger partial charge in [-0.15, -0.1) is 0 Å². The topological polar surface area (TPSA) is 97.4 Å². The number of hydrogen-bond acceptors (Lipinski definition) is 7. The Bertz CT molecular complexity index is 1070. The number of carbonyl (C=O) groups is 3. The van der Waals surface area contributed by atoms with Crippen molar-refractivity contribution in [3.8, 4) is 11.5 Å². The van der Waals surface area contributed by atoms with Crippen LogP contribution < -0.4 is 19.7 Å². The highest BCUT2D eigenvalue weighted by atomic mass is 16.5. The van der Waals surface area contributed by atoms with E-state index in [9.17, 15) is 14.4 Å². The molecular weight excluding hydrogens is 450 g/mol. The van der Waals surface area contributed by atoms with E-state index in [0.717, 1.165) is 31.6 Å². The van der Waals surface area contributed by atoms with Gasteiger partial charge in [-0.1, -0.05) is 19.1 Å². The van der Waals surface area contributed by atoms with Crippen LogP contribution in [0.4, 0.5) is 5.69 Å². The number of anilines is 1. The van der Waals surface area contributed by atoms with Crippen LogP contribution in [-0.4, -0.2) is 81.6 Å². The Labute approximate surface area is 204 Å². The molecule has 0 aliphatic carbocycles. The molecule has 0 aromatic heterocycles. The molecule has 1 N–H and O–H groups in total. The fourth-order valence-electron chi connectivity index (χ4n) is 4.01. The molecule has 4 rings (SSSR count). The van der Waals surface area contributed by atoms with E-state index in [0.29, 0.717) is 42.5 Å². The molecule has 0 spiro atoms. The van der Waals surface area contributed by atoms with Gasteiger partial charge < -0.3 is 19.5 Å². The molecule has 35 heavy (non-hydrogen) atoms. The molecule has 1 saturated heterocycles. The molecule has 1 fully saturated rings. The van der Waals surface area contributed by atoms with Crippen molar-refractivity contribution in [1.29, 1.82) is 0 Å². The third kappa shape index (κ3) is 6.58. The minimum Gasteiger partial charge on any atom is -0.485 e. The van der Waals surface area contributed by atoms with Crippen molar-refractivity contribution in [2.75, 3.05) is 64.1 Å². The average Bonchev–Trinajstić information content (AvgIpc) is 2.89. The predicted molar refractivity (Wildman–Crippen MR) is 130 cm³/mol. The Morgan fingerprint density at radius 1 is 1.11 bits per heavy atom. The number of nitrogens with zero attached hydrogens (tertiary/aromatic N) is 2. The molecule has 0 atom stereocenters. The van der Waals surface area contributed by atoms with Crippen LogP contribution in [0.25, 0.3) is 0 Å². The number of carbonyl (C=O) groups excluding carboxylic acids is 3. The number of morpholine rings is 1. The van der Waals surface area contributed by atoms with Crippen LogP contribution in [0.3, 0.4) is 0 Å². The molecular formula is C26H31N3O6. The van der Waals surface area contributed by atoms with Crippen molar-refractivity contribution >= 4 is 23.3 Å². The first-order valence-electron chi connectivity index (χ1n) is 11.9. The number of ketones is 1. The maximum Gasteiger partial charge on any atom is 0.265 e. The SMILES string of the molecule is CCc1cccc(OCC(=O)c2ccc3c(c2)N(CC(=O)NCCN2CCOCC2)C(=O)CO3)c1. The molecule has 9 nitrogen and oxygen atoms in total. The molecule has 0 saturated carbocycles. The summed E-state index contributed by atoms with van der Waals surface area (Å²) in [5.74, 6) is 0.249. The lowest BCUT2D eigenvalue weighted by Crippen LogP contribution is -2.47. The van der Waals surface area contributed by atoms with Crippen molar-refractivity contribution in [3.63, 3.8) is 0 Å². The Balaban J connectivity index is 1.37. The summed E-state index contributed by atoms with van der Waals surface area (Å²) in [6.45, 7) is 5.91. The maximum absolute atomic E-state index is 12.8. The van der Waals surface area contributed by atoms with Gasteiger partial charge in [0.2, 0.25) is 5.91 Å². The Hall–Kier alpha value is -3.43. The first kappa shape index (κ1) is 24.7. The number of Topliss-reactive ketones (excluding diaryl/α,β-unsaturated/α-hetero) is 1. The Morgan fingerprint density at radius 2 is 1.94 bits per heavy atom. The molecule has 2 aromatic rings. The van der Waals surface area contributed by atoms with Crippen molar-refractivity contribution in [1.82, 2.24) is 10.2 Å². The molecule has 2 aliphatic rings. The summed E-state index contributed by atoms with van der Waals surface area (Å²) in [4.78, 5) is 41.5. The summed E-state index contributed by atoms with van der Waals surface area (Å²) in [5, 5.41) is 2.87. The summed E-state index contributed by atoms with van der Waals surface area (Å²) >= 11 is 0. The van der Waals surface area contributed by atoms with E-state index in [1.165, 1.54) is 4.90 Å².